The minimum atomic E-state index is -2.23. The van der Waals surface area contributed by atoms with Crippen molar-refractivity contribution in [1.82, 2.24) is 9.21 Å². The topological polar surface area (TPSA) is 122 Å². The molecule has 1 aliphatic rings. The molecular weight excluding hydrogens is 321 g/mol. The molecule has 1 amide bonds. The summed E-state index contributed by atoms with van der Waals surface area (Å²) in [6.07, 6.45) is 0. The molecule has 116 valence electrons. The predicted octanol–water partition coefficient (Wildman–Crippen LogP) is -0.807. The largest absolute Gasteiger partial charge is 1.00 e. The van der Waals surface area contributed by atoms with Crippen LogP contribution < -0.4 is 11.5 Å². The van der Waals surface area contributed by atoms with E-state index < -0.39 is 10.9 Å². The van der Waals surface area contributed by atoms with E-state index in [1.54, 1.807) is 29.2 Å². The monoisotopic (exact) mass is 337 g/mol. The van der Waals surface area contributed by atoms with Gasteiger partial charge in [-0.2, -0.15) is 0 Å². The molecule has 10 heteroatoms. The third-order valence-electron chi connectivity index (χ3n) is 3.11. The summed E-state index contributed by atoms with van der Waals surface area (Å²) in [5.74, 6) is -0.182. The molecule has 0 unspecified atom stereocenters. The Balaban J connectivity index is 0.00000242. The first-order valence-electron chi connectivity index (χ1n) is 6.30. The Kier molecular flexibility index (Phi) is 6.83. The van der Waals surface area contributed by atoms with Crippen molar-refractivity contribution in [2.45, 2.75) is 0 Å². The van der Waals surface area contributed by atoms with Crippen LogP contribution >= 0.6 is 0 Å². The number of hydrogen-bond donors (Lipinski definition) is 2. The van der Waals surface area contributed by atoms with Crippen LogP contribution in [-0.4, -0.2) is 64.6 Å². The van der Waals surface area contributed by atoms with Crippen LogP contribution in [0.3, 0.4) is 0 Å². The number of carbonyl (C=O) groups is 1. The van der Waals surface area contributed by atoms with Gasteiger partial charge < -0.3 is 29.1 Å². The summed E-state index contributed by atoms with van der Waals surface area (Å²) in [4.78, 5) is 17.8. The number of benzene rings is 1. The van der Waals surface area contributed by atoms with Gasteiger partial charge in [0.1, 0.15) is 0 Å². The molecule has 0 spiro atoms. The summed E-state index contributed by atoms with van der Waals surface area (Å²) in [7, 11) is -2.23. The van der Waals surface area contributed by atoms with E-state index in [0.717, 1.165) is 0 Å². The third kappa shape index (κ3) is 4.71. The van der Waals surface area contributed by atoms with Gasteiger partial charge in [0.2, 0.25) is 0 Å². The number of nitrogens with zero attached hydrogens (tertiary/aromatic N) is 3. The van der Waals surface area contributed by atoms with Crippen molar-refractivity contribution in [3.8, 4) is 0 Å². The van der Waals surface area contributed by atoms with Gasteiger partial charge in [-0.1, -0.05) is 0 Å². The number of rotatable bonds is 3. The molecule has 0 aliphatic carbocycles. The maximum absolute atomic E-state index is 12.3. The van der Waals surface area contributed by atoms with Crippen LogP contribution in [-0.2, 0) is 19.3 Å². The second kappa shape index (κ2) is 8.15. The maximum Gasteiger partial charge on any atom is 1.00 e. The van der Waals surface area contributed by atoms with Crippen LogP contribution in [0.1, 0.15) is 10.4 Å². The smallest absolute Gasteiger partial charge is 0.409 e. The molecule has 1 aromatic rings. The molecule has 22 heavy (non-hydrogen) atoms. The van der Waals surface area contributed by atoms with E-state index in [9.17, 15) is 13.2 Å². The van der Waals surface area contributed by atoms with Crippen LogP contribution in [0.25, 0.3) is 0 Å². The minimum Gasteiger partial charge on any atom is -0.409 e. The second-order valence-electron chi connectivity index (χ2n) is 4.52. The Morgan fingerprint density at radius 2 is 1.59 bits per heavy atom. The molecule has 0 aromatic heterocycles. The van der Waals surface area contributed by atoms with E-state index >= 15 is 0 Å². The fourth-order valence-electron chi connectivity index (χ4n) is 2.05. The Labute approximate surface area is 141 Å². The number of carbonyl (C=O) groups excluding carboxylic acids is 1. The average Bonchev–Trinajstić information content (AvgIpc) is 2.47. The Morgan fingerprint density at radius 1 is 1.05 bits per heavy atom. The molecule has 4 N–H and O–H groups in total. The molecule has 8 nitrogen and oxygen atoms in total. The van der Waals surface area contributed by atoms with Crippen LogP contribution in [0.5, 0.6) is 0 Å². The van der Waals surface area contributed by atoms with E-state index in [2.05, 4.69) is 4.99 Å². The van der Waals surface area contributed by atoms with E-state index in [-0.39, 0.29) is 29.2 Å². The zero-order valence-corrected chi connectivity index (χ0v) is 13.8. The van der Waals surface area contributed by atoms with Gasteiger partial charge in [0.25, 0.3) is 5.91 Å². The number of amides is 1. The SMILES string of the molecule is NC(N)=Nc1ccc(C(=O)N2CCN([S-](=O)=O)CC2)cc1.[Al+]. The van der Waals surface area contributed by atoms with Gasteiger partial charge in [-0.25, -0.2) is 4.99 Å². The Bertz CT molecular complexity index is 612. The number of guanidine groups is 1. The Morgan fingerprint density at radius 3 is 2.05 bits per heavy atom. The molecule has 1 aromatic carbocycles. The molecule has 0 atom stereocenters. The van der Waals surface area contributed by atoms with Gasteiger partial charge in [0.05, 0.1) is 5.69 Å². The van der Waals surface area contributed by atoms with Crippen molar-refractivity contribution < 1.29 is 13.2 Å². The summed E-state index contributed by atoms with van der Waals surface area (Å²) in [6.45, 7) is 1.38. The van der Waals surface area contributed by atoms with E-state index in [4.69, 9.17) is 11.5 Å². The fraction of sp³-hybridized carbons (Fsp3) is 0.333. The van der Waals surface area contributed by atoms with Crippen molar-refractivity contribution in [1.29, 1.82) is 0 Å². The second-order valence-corrected chi connectivity index (χ2v) is 5.47. The zero-order valence-electron chi connectivity index (χ0n) is 11.8. The normalized spacial score (nSPS) is 15.2. The third-order valence-corrected chi connectivity index (χ3v) is 3.90. The van der Waals surface area contributed by atoms with Gasteiger partial charge in [0, 0.05) is 31.7 Å². The van der Waals surface area contributed by atoms with Crippen molar-refractivity contribution in [2.24, 2.45) is 16.5 Å². The van der Waals surface area contributed by atoms with E-state index in [1.165, 1.54) is 4.31 Å². The number of hydrogen-bond acceptors (Lipinski definition) is 5. The molecule has 1 saturated heterocycles. The van der Waals surface area contributed by atoms with Gasteiger partial charge in [-0.3, -0.25) is 4.79 Å². The van der Waals surface area contributed by atoms with E-state index in [1.807, 2.05) is 0 Å². The number of aliphatic imine (C=N–C) groups is 1. The molecule has 1 heterocycles. The quantitative estimate of drug-likeness (QED) is 0.323. The number of piperazine rings is 1. The van der Waals surface area contributed by atoms with Gasteiger partial charge >= 0.3 is 17.4 Å². The van der Waals surface area contributed by atoms with Crippen molar-refractivity contribution in [3.05, 3.63) is 29.8 Å². The standard InChI is InChI=1S/C12H16N5O3S.Al/c13-12(14)15-10-3-1-9(2-4-10)11(18)16-5-7-17(8-6-16)21(19)20;/h1-4H,5-8H2,(H4,13,14,15);/q-1;+1. The van der Waals surface area contributed by atoms with Crippen LogP contribution in [0.15, 0.2) is 29.3 Å². The minimum absolute atomic E-state index is 0. The molecule has 0 bridgehead atoms. The van der Waals surface area contributed by atoms with Crippen LogP contribution in [0.2, 0.25) is 0 Å². The maximum atomic E-state index is 12.3. The summed E-state index contributed by atoms with van der Waals surface area (Å²) in [5, 5.41) is 0. The first-order chi connectivity index (χ1) is 9.97. The van der Waals surface area contributed by atoms with Crippen molar-refractivity contribution >= 4 is 45.8 Å². The molecule has 2 rings (SSSR count). The molecule has 1 aliphatic heterocycles. The molecular formula is C12H16AlN5O3S. The zero-order chi connectivity index (χ0) is 15.4. The first-order valence-corrected chi connectivity index (χ1v) is 7.34. The summed E-state index contributed by atoms with van der Waals surface area (Å²) in [6, 6.07) is 6.58. The first kappa shape index (κ1) is 18.5. The predicted molar refractivity (Wildman–Crippen MR) is 83.9 cm³/mol. The summed E-state index contributed by atoms with van der Waals surface area (Å²) < 4.78 is 22.9. The van der Waals surface area contributed by atoms with Crippen molar-refractivity contribution in [2.75, 3.05) is 26.2 Å². The van der Waals surface area contributed by atoms with Crippen molar-refractivity contribution in [3.63, 3.8) is 0 Å². The fourth-order valence-corrected chi connectivity index (χ4v) is 2.51. The van der Waals surface area contributed by atoms with E-state index in [0.29, 0.717) is 37.4 Å². The summed E-state index contributed by atoms with van der Waals surface area (Å²) >= 11 is 0. The van der Waals surface area contributed by atoms with Gasteiger partial charge in [-0.05, 0) is 35.2 Å². The Hall–Kier alpha value is -1.60. The van der Waals surface area contributed by atoms with Crippen LogP contribution in [0.4, 0.5) is 5.69 Å². The van der Waals surface area contributed by atoms with Gasteiger partial charge in [0.15, 0.2) is 5.96 Å². The van der Waals surface area contributed by atoms with Crippen LogP contribution in [0, 0.1) is 0 Å². The average molecular weight is 337 g/mol. The van der Waals surface area contributed by atoms with Gasteiger partial charge in [-0.15, -0.1) is 0 Å². The molecule has 2 radical (unpaired) electrons. The molecule has 1 fully saturated rings. The molecule has 0 saturated carbocycles. The summed E-state index contributed by atoms with van der Waals surface area (Å²) in [5.41, 5.74) is 11.6. The number of nitrogens with two attached hydrogens (primary N) is 2.